The first kappa shape index (κ1) is 31.0. The van der Waals surface area contributed by atoms with E-state index in [1.54, 1.807) is 27.7 Å². The van der Waals surface area contributed by atoms with Crippen molar-refractivity contribution >= 4 is 19.2 Å². The third kappa shape index (κ3) is 7.76. The van der Waals surface area contributed by atoms with Crippen molar-refractivity contribution in [3.8, 4) is 11.5 Å². The van der Waals surface area contributed by atoms with Crippen molar-refractivity contribution in [3.05, 3.63) is 47.2 Å². The van der Waals surface area contributed by atoms with Crippen LogP contribution >= 0.6 is 7.52 Å². The number of carbonyl (C=O) groups is 2. The Morgan fingerprint density at radius 1 is 1.13 bits per heavy atom. The van der Waals surface area contributed by atoms with E-state index < -0.39 is 31.3 Å². The number of fused-ring (bicyclic) bond motifs is 3. The Morgan fingerprint density at radius 2 is 1.82 bits per heavy atom. The van der Waals surface area contributed by atoms with E-state index in [1.165, 1.54) is 12.5 Å². The fraction of sp³-hybridized carbons (Fsp3) is 0.600. The van der Waals surface area contributed by atoms with Crippen molar-refractivity contribution in [2.24, 2.45) is 5.92 Å². The van der Waals surface area contributed by atoms with Crippen LogP contribution in [0.25, 0.3) is 0 Å². The first-order valence-electron chi connectivity index (χ1n) is 14.0. The van der Waals surface area contributed by atoms with Gasteiger partial charge in [-0.2, -0.15) is 0 Å². The lowest BCUT2D eigenvalue weighted by molar-refractivity contribution is -0.149. The van der Waals surface area contributed by atoms with Crippen molar-refractivity contribution < 1.29 is 32.9 Å². The van der Waals surface area contributed by atoms with Crippen LogP contribution in [-0.4, -0.2) is 29.9 Å². The van der Waals surface area contributed by atoms with Gasteiger partial charge >= 0.3 is 19.2 Å². The molecule has 1 aromatic carbocycles. The average Bonchev–Trinajstić information content (AvgIpc) is 2.82. The Balaban J connectivity index is 2.10. The number of nitrogens with one attached hydrogen (secondary N) is 1. The second kappa shape index (κ2) is 13.2. The van der Waals surface area contributed by atoms with Crippen LogP contribution in [0.2, 0.25) is 0 Å². The van der Waals surface area contributed by atoms with Crippen LogP contribution in [-0.2, 0) is 25.3 Å². The molecule has 1 aliphatic carbocycles. The van der Waals surface area contributed by atoms with Gasteiger partial charge in [-0.1, -0.05) is 38.0 Å². The SMILES string of the molecule is C=C1Oc2cc(CCCCC)cc(OP(=O)(NC(C)C(=O)OC(C)C)C(=O)OC(C)C)c2C2C=C(C)CCC12. The summed E-state index contributed by atoms with van der Waals surface area (Å²) in [5, 5.41) is 2.63. The number of esters is 1. The van der Waals surface area contributed by atoms with Gasteiger partial charge in [-0.15, -0.1) is 0 Å². The average molecular weight is 562 g/mol. The molecule has 0 saturated heterocycles. The molecule has 4 unspecified atom stereocenters. The molecular weight excluding hydrogens is 517 g/mol. The number of carbonyl (C=O) groups excluding carboxylic acids is 2. The van der Waals surface area contributed by atoms with E-state index in [0.29, 0.717) is 11.5 Å². The third-order valence-electron chi connectivity index (χ3n) is 6.84. The lowest BCUT2D eigenvalue weighted by atomic mass is 9.74. The number of hydrogen-bond donors (Lipinski definition) is 1. The lowest BCUT2D eigenvalue weighted by Gasteiger charge is -2.38. The van der Waals surface area contributed by atoms with Crippen LogP contribution < -0.4 is 14.3 Å². The molecule has 1 aromatic rings. The largest absolute Gasteiger partial charge is 0.462 e. The standard InChI is InChI=1S/C30H44NO7P/c1-9-10-11-12-23-16-26-28(25-15-20(6)13-14-24(25)22(8)37-26)27(17-23)38-39(34,30(33)36-19(4)5)31-21(7)29(32)35-18(2)3/h15-19,21,24-25H,8-14H2,1-7H3,(H,31,34). The predicted octanol–water partition coefficient (Wildman–Crippen LogP) is 7.81. The number of ether oxygens (including phenoxy) is 3. The molecule has 1 heterocycles. The third-order valence-corrected chi connectivity index (χ3v) is 8.61. The van der Waals surface area contributed by atoms with Gasteiger partial charge in [0.25, 0.3) is 0 Å². The van der Waals surface area contributed by atoms with E-state index in [2.05, 4.69) is 31.6 Å². The van der Waals surface area contributed by atoms with Crippen molar-refractivity contribution in [1.29, 1.82) is 0 Å². The van der Waals surface area contributed by atoms with Crippen LogP contribution in [0.1, 0.15) is 97.6 Å². The molecule has 216 valence electrons. The van der Waals surface area contributed by atoms with Gasteiger partial charge in [0.15, 0.2) is 0 Å². The molecule has 39 heavy (non-hydrogen) atoms. The van der Waals surface area contributed by atoms with E-state index in [4.69, 9.17) is 18.7 Å². The van der Waals surface area contributed by atoms with E-state index in [-0.39, 0.29) is 23.7 Å². The van der Waals surface area contributed by atoms with E-state index >= 15 is 0 Å². The molecular formula is C30H44NO7P. The maximum Gasteiger partial charge on any atom is 0.424 e. The Labute approximate surface area is 233 Å². The summed E-state index contributed by atoms with van der Waals surface area (Å²) in [6, 6.07) is 2.75. The Bertz CT molecular complexity index is 1160. The fourth-order valence-corrected chi connectivity index (χ4v) is 6.59. The summed E-state index contributed by atoms with van der Waals surface area (Å²) in [7, 11) is -4.43. The summed E-state index contributed by atoms with van der Waals surface area (Å²) < 4.78 is 37.3. The van der Waals surface area contributed by atoms with Gasteiger partial charge in [0.05, 0.1) is 12.2 Å². The summed E-state index contributed by atoms with van der Waals surface area (Å²) in [6.07, 6.45) is 6.92. The Kier molecular flexibility index (Phi) is 10.5. The number of rotatable bonds is 12. The highest BCUT2D eigenvalue weighted by Gasteiger charge is 2.44. The van der Waals surface area contributed by atoms with Crippen molar-refractivity contribution in [1.82, 2.24) is 5.09 Å². The quantitative estimate of drug-likeness (QED) is 0.119. The molecule has 3 rings (SSSR count). The minimum Gasteiger partial charge on any atom is -0.462 e. The first-order chi connectivity index (χ1) is 18.3. The molecule has 0 saturated carbocycles. The molecule has 0 amide bonds. The highest BCUT2D eigenvalue weighted by Crippen LogP contribution is 2.55. The Morgan fingerprint density at radius 3 is 2.46 bits per heavy atom. The van der Waals surface area contributed by atoms with Crippen LogP contribution in [0, 0.1) is 5.92 Å². The molecule has 2 aliphatic rings. The second-order valence-electron chi connectivity index (χ2n) is 11.1. The van der Waals surface area contributed by atoms with Gasteiger partial charge in [0.2, 0.25) is 0 Å². The Hall–Kier alpha value is -2.57. The van der Waals surface area contributed by atoms with E-state index in [9.17, 15) is 14.2 Å². The van der Waals surface area contributed by atoms with Gasteiger partial charge < -0.3 is 18.7 Å². The van der Waals surface area contributed by atoms with Gasteiger partial charge in [-0.3, -0.25) is 4.79 Å². The molecule has 0 fully saturated rings. The lowest BCUT2D eigenvalue weighted by Crippen LogP contribution is -2.38. The van der Waals surface area contributed by atoms with Crippen LogP contribution in [0.4, 0.5) is 4.79 Å². The first-order valence-corrected chi connectivity index (χ1v) is 15.7. The van der Waals surface area contributed by atoms with Crippen LogP contribution in [0.15, 0.2) is 36.1 Å². The molecule has 1 N–H and O–H groups in total. The van der Waals surface area contributed by atoms with Gasteiger partial charge in [-0.25, -0.2) is 14.4 Å². The number of unbranched alkanes of at least 4 members (excludes halogenated alkanes) is 2. The highest BCUT2D eigenvalue weighted by molar-refractivity contribution is 7.74. The number of aryl methyl sites for hydroxylation is 1. The highest BCUT2D eigenvalue weighted by atomic mass is 31.2. The van der Waals surface area contributed by atoms with Gasteiger partial charge in [-0.05, 0) is 84.9 Å². The number of hydrogen-bond acceptors (Lipinski definition) is 7. The maximum atomic E-state index is 14.3. The molecule has 0 spiro atoms. The molecule has 0 radical (unpaired) electrons. The van der Waals surface area contributed by atoms with E-state index in [0.717, 1.165) is 49.7 Å². The zero-order valence-electron chi connectivity index (χ0n) is 24.4. The zero-order chi connectivity index (χ0) is 28.9. The molecule has 8 nitrogen and oxygen atoms in total. The van der Waals surface area contributed by atoms with Gasteiger partial charge in [0.1, 0.15) is 23.3 Å². The van der Waals surface area contributed by atoms with Crippen molar-refractivity contribution in [2.45, 2.75) is 111 Å². The molecule has 1 aliphatic heterocycles. The van der Waals surface area contributed by atoms with Crippen LogP contribution in [0.3, 0.4) is 0 Å². The summed E-state index contributed by atoms with van der Waals surface area (Å²) in [5.41, 5.74) is 1.85. The van der Waals surface area contributed by atoms with E-state index in [1.807, 2.05) is 12.1 Å². The minimum absolute atomic E-state index is 0.0318. The molecule has 9 heteroatoms. The summed E-state index contributed by atoms with van der Waals surface area (Å²) in [6.45, 7) is 16.7. The number of benzene rings is 1. The zero-order valence-corrected chi connectivity index (χ0v) is 25.3. The summed E-state index contributed by atoms with van der Waals surface area (Å²) >= 11 is 0. The summed E-state index contributed by atoms with van der Waals surface area (Å²) in [4.78, 5) is 25.8. The van der Waals surface area contributed by atoms with Crippen molar-refractivity contribution in [3.63, 3.8) is 0 Å². The smallest absolute Gasteiger partial charge is 0.424 e. The predicted molar refractivity (Wildman–Crippen MR) is 152 cm³/mol. The molecule has 0 aromatic heterocycles. The topological polar surface area (TPSA) is 100 Å². The van der Waals surface area contributed by atoms with Gasteiger partial charge in [0, 0.05) is 17.4 Å². The number of allylic oxidation sites excluding steroid dienone is 3. The summed E-state index contributed by atoms with van der Waals surface area (Å²) in [5.74, 6) is 0.850. The van der Waals surface area contributed by atoms with Crippen LogP contribution in [0.5, 0.6) is 11.5 Å². The minimum atomic E-state index is -4.43. The maximum absolute atomic E-state index is 14.3. The fourth-order valence-electron chi connectivity index (χ4n) is 4.97. The second-order valence-corrected chi connectivity index (χ2v) is 13.0. The molecule has 0 bridgehead atoms. The molecule has 4 atom stereocenters. The van der Waals surface area contributed by atoms with Crippen molar-refractivity contribution in [2.75, 3.05) is 0 Å². The normalized spacial score (nSPS) is 20.7. The monoisotopic (exact) mass is 561 g/mol.